The first-order valence-electron chi connectivity index (χ1n) is 8.18. The van der Waals surface area contributed by atoms with Crippen molar-refractivity contribution in [1.29, 1.82) is 0 Å². The first-order chi connectivity index (χ1) is 12.6. The van der Waals surface area contributed by atoms with Crippen LogP contribution in [0.5, 0.6) is 0 Å². The highest BCUT2D eigenvalue weighted by Gasteiger charge is 2.16. The molecule has 1 amide bonds. The van der Waals surface area contributed by atoms with Crippen molar-refractivity contribution in [3.05, 3.63) is 66.0 Å². The van der Waals surface area contributed by atoms with Gasteiger partial charge in [0.1, 0.15) is 5.82 Å². The number of hydrogen-bond donors (Lipinski definition) is 1. The molecular weight excluding hydrogens is 335 g/mol. The summed E-state index contributed by atoms with van der Waals surface area (Å²) in [6, 6.07) is 14.6. The Morgan fingerprint density at radius 1 is 1.12 bits per heavy atom. The van der Waals surface area contributed by atoms with Gasteiger partial charge in [0.15, 0.2) is 6.61 Å². The number of carbonyl (C=O) groups is 2. The van der Waals surface area contributed by atoms with Gasteiger partial charge in [0, 0.05) is 17.5 Å². The number of amides is 1. The summed E-state index contributed by atoms with van der Waals surface area (Å²) >= 11 is 0. The van der Waals surface area contributed by atoms with Gasteiger partial charge in [-0.3, -0.25) is 4.79 Å². The van der Waals surface area contributed by atoms with E-state index in [2.05, 4.69) is 10.3 Å². The topological polar surface area (TPSA) is 68.3 Å². The normalized spacial score (nSPS) is 10.5. The summed E-state index contributed by atoms with van der Waals surface area (Å²) in [6.07, 6.45) is 0. The van der Waals surface area contributed by atoms with Crippen LogP contribution in [0.4, 0.5) is 4.39 Å². The summed E-state index contributed by atoms with van der Waals surface area (Å²) in [7, 11) is 0. The zero-order valence-electron chi connectivity index (χ0n) is 14.2. The van der Waals surface area contributed by atoms with E-state index in [1.165, 1.54) is 12.1 Å². The van der Waals surface area contributed by atoms with E-state index >= 15 is 0 Å². The van der Waals surface area contributed by atoms with Crippen LogP contribution in [-0.2, 0) is 9.53 Å². The van der Waals surface area contributed by atoms with Crippen LogP contribution in [0.1, 0.15) is 17.3 Å². The fraction of sp³-hybridized carbons (Fsp3) is 0.150. The molecule has 0 radical (unpaired) electrons. The molecule has 0 aliphatic heterocycles. The molecule has 6 heteroatoms. The maximum Gasteiger partial charge on any atom is 0.339 e. The lowest BCUT2D eigenvalue weighted by Crippen LogP contribution is -2.28. The van der Waals surface area contributed by atoms with Gasteiger partial charge in [-0.2, -0.15) is 0 Å². The Hall–Kier alpha value is -3.28. The third-order valence-electron chi connectivity index (χ3n) is 3.78. The van der Waals surface area contributed by atoms with Crippen molar-refractivity contribution in [2.75, 3.05) is 13.2 Å². The monoisotopic (exact) mass is 352 g/mol. The Morgan fingerprint density at radius 2 is 1.85 bits per heavy atom. The number of para-hydroxylation sites is 1. The minimum absolute atomic E-state index is 0.305. The summed E-state index contributed by atoms with van der Waals surface area (Å²) in [5.41, 5.74) is 2.11. The number of pyridine rings is 1. The van der Waals surface area contributed by atoms with Crippen LogP contribution in [0.15, 0.2) is 54.6 Å². The Bertz CT molecular complexity index is 955. The first-order valence-corrected chi connectivity index (χ1v) is 8.18. The van der Waals surface area contributed by atoms with Crippen molar-refractivity contribution in [2.24, 2.45) is 0 Å². The minimum Gasteiger partial charge on any atom is -0.452 e. The maximum atomic E-state index is 13.2. The summed E-state index contributed by atoms with van der Waals surface area (Å²) in [4.78, 5) is 28.6. The van der Waals surface area contributed by atoms with Gasteiger partial charge < -0.3 is 10.1 Å². The molecule has 0 saturated carbocycles. The molecule has 0 saturated heterocycles. The van der Waals surface area contributed by atoms with E-state index in [9.17, 15) is 14.0 Å². The molecule has 26 heavy (non-hydrogen) atoms. The molecule has 0 spiro atoms. The summed E-state index contributed by atoms with van der Waals surface area (Å²) < 4.78 is 18.3. The molecule has 0 fully saturated rings. The number of likely N-dealkylation sites (N-methyl/N-ethyl adjacent to an activating group) is 1. The Morgan fingerprint density at radius 3 is 2.58 bits per heavy atom. The molecule has 3 rings (SSSR count). The number of hydrogen-bond acceptors (Lipinski definition) is 4. The van der Waals surface area contributed by atoms with E-state index in [4.69, 9.17) is 4.74 Å². The number of rotatable bonds is 5. The number of ether oxygens (including phenoxy) is 1. The van der Waals surface area contributed by atoms with Crippen LogP contribution in [-0.4, -0.2) is 30.0 Å². The van der Waals surface area contributed by atoms with Gasteiger partial charge in [0.2, 0.25) is 0 Å². The SMILES string of the molecule is CCNC(=O)COC(=O)c1cc(-c2ccc(F)cc2)nc2ccccc12. The molecule has 0 aliphatic carbocycles. The molecule has 2 aromatic carbocycles. The molecule has 0 bridgehead atoms. The molecule has 5 nitrogen and oxygen atoms in total. The predicted octanol–water partition coefficient (Wildman–Crippen LogP) is 3.33. The lowest BCUT2D eigenvalue weighted by Gasteiger charge is -2.10. The van der Waals surface area contributed by atoms with Crippen molar-refractivity contribution in [2.45, 2.75) is 6.92 Å². The number of benzene rings is 2. The molecule has 0 atom stereocenters. The molecule has 3 aromatic rings. The molecule has 1 heterocycles. The lowest BCUT2D eigenvalue weighted by atomic mass is 10.0. The quantitative estimate of drug-likeness (QED) is 0.715. The second-order valence-corrected chi connectivity index (χ2v) is 5.61. The van der Waals surface area contributed by atoms with Crippen molar-refractivity contribution in [3.63, 3.8) is 0 Å². The maximum absolute atomic E-state index is 13.2. The molecule has 0 aliphatic rings. The average molecular weight is 352 g/mol. The van der Waals surface area contributed by atoms with Gasteiger partial charge in [0.05, 0.1) is 16.8 Å². The van der Waals surface area contributed by atoms with Gasteiger partial charge >= 0.3 is 5.97 Å². The van der Waals surface area contributed by atoms with E-state index in [0.717, 1.165) is 0 Å². The number of carbonyl (C=O) groups excluding carboxylic acids is 2. The fourth-order valence-electron chi connectivity index (χ4n) is 2.57. The number of nitrogens with one attached hydrogen (secondary N) is 1. The Balaban J connectivity index is 1.98. The van der Waals surface area contributed by atoms with Gasteiger partial charge in [-0.1, -0.05) is 18.2 Å². The van der Waals surface area contributed by atoms with Crippen LogP contribution in [0.3, 0.4) is 0 Å². The molecule has 132 valence electrons. The summed E-state index contributed by atoms with van der Waals surface area (Å²) in [6.45, 7) is 1.89. The highest BCUT2D eigenvalue weighted by molar-refractivity contribution is 6.05. The minimum atomic E-state index is -0.613. The summed E-state index contributed by atoms with van der Waals surface area (Å²) in [5, 5.41) is 3.19. The van der Waals surface area contributed by atoms with Gasteiger partial charge in [0.25, 0.3) is 5.91 Å². The average Bonchev–Trinajstić information content (AvgIpc) is 2.66. The van der Waals surface area contributed by atoms with Gasteiger partial charge in [-0.15, -0.1) is 0 Å². The largest absolute Gasteiger partial charge is 0.452 e. The van der Waals surface area contributed by atoms with Crippen molar-refractivity contribution >= 4 is 22.8 Å². The molecule has 0 unspecified atom stereocenters. The van der Waals surface area contributed by atoms with Crippen LogP contribution < -0.4 is 5.32 Å². The number of fused-ring (bicyclic) bond motifs is 1. The fourth-order valence-corrected chi connectivity index (χ4v) is 2.57. The van der Waals surface area contributed by atoms with E-state index in [0.29, 0.717) is 34.3 Å². The highest BCUT2D eigenvalue weighted by atomic mass is 19.1. The van der Waals surface area contributed by atoms with Crippen LogP contribution >= 0.6 is 0 Å². The third-order valence-corrected chi connectivity index (χ3v) is 3.78. The van der Waals surface area contributed by atoms with E-state index in [-0.39, 0.29) is 18.3 Å². The van der Waals surface area contributed by atoms with Gasteiger partial charge in [-0.25, -0.2) is 14.2 Å². The van der Waals surface area contributed by atoms with Crippen LogP contribution in [0.2, 0.25) is 0 Å². The number of aromatic nitrogens is 1. The highest BCUT2D eigenvalue weighted by Crippen LogP contribution is 2.25. The molecular formula is C20H17FN2O3. The van der Waals surface area contributed by atoms with Crippen molar-refractivity contribution < 1.29 is 18.7 Å². The van der Waals surface area contributed by atoms with E-state index < -0.39 is 5.97 Å². The standard InChI is InChI=1S/C20H17FN2O3/c1-2-22-19(24)12-26-20(25)16-11-18(13-7-9-14(21)10-8-13)23-17-6-4-3-5-15(16)17/h3-11H,2,12H2,1H3,(H,22,24). The second kappa shape index (κ2) is 7.74. The predicted molar refractivity (Wildman–Crippen MR) is 96.1 cm³/mol. The van der Waals surface area contributed by atoms with Crippen LogP contribution in [0, 0.1) is 5.82 Å². The van der Waals surface area contributed by atoms with Crippen molar-refractivity contribution in [1.82, 2.24) is 10.3 Å². The zero-order chi connectivity index (χ0) is 18.5. The summed E-state index contributed by atoms with van der Waals surface area (Å²) in [5.74, 6) is -1.33. The Kier molecular flexibility index (Phi) is 5.22. The molecule has 1 N–H and O–H groups in total. The third kappa shape index (κ3) is 3.85. The van der Waals surface area contributed by atoms with E-state index in [1.807, 2.05) is 6.07 Å². The van der Waals surface area contributed by atoms with Crippen molar-refractivity contribution in [3.8, 4) is 11.3 Å². The zero-order valence-corrected chi connectivity index (χ0v) is 14.2. The number of halogens is 1. The second-order valence-electron chi connectivity index (χ2n) is 5.61. The molecule has 1 aromatic heterocycles. The Labute approximate surface area is 149 Å². The number of nitrogens with zero attached hydrogens (tertiary/aromatic N) is 1. The number of esters is 1. The van der Waals surface area contributed by atoms with E-state index in [1.54, 1.807) is 43.3 Å². The van der Waals surface area contributed by atoms with Gasteiger partial charge in [-0.05, 0) is 43.3 Å². The first kappa shape index (κ1) is 17.5. The lowest BCUT2D eigenvalue weighted by molar-refractivity contribution is -0.124. The van der Waals surface area contributed by atoms with Crippen LogP contribution in [0.25, 0.3) is 22.2 Å². The smallest absolute Gasteiger partial charge is 0.339 e.